The highest BCUT2D eigenvalue weighted by atomic mass is 19.1. The average Bonchev–Trinajstić information content (AvgIpc) is 2.77. The average molecular weight is 421 g/mol. The first-order valence-electron chi connectivity index (χ1n) is 10.1. The highest BCUT2D eigenvalue weighted by Gasteiger charge is 2.27. The van der Waals surface area contributed by atoms with Crippen LogP contribution in [0.15, 0.2) is 66.8 Å². The Labute approximate surface area is 179 Å². The molecule has 2 N–H and O–H groups in total. The van der Waals surface area contributed by atoms with E-state index in [2.05, 4.69) is 25.5 Å². The van der Waals surface area contributed by atoms with E-state index >= 15 is 0 Å². The van der Waals surface area contributed by atoms with Crippen LogP contribution >= 0.6 is 0 Å². The molecule has 0 unspecified atom stereocenters. The molecule has 0 radical (unpaired) electrons. The van der Waals surface area contributed by atoms with Gasteiger partial charge in [-0.1, -0.05) is 0 Å². The molecule has 1 aliphatic heterocycles. The van der Waals surface area contributed by atoms with E-state index in [1.54, 1.807) is 31.5 Å². The van der Waals surface area contributed by atoms with Crippen molar-refractivity contribution in [1.29, 1.82) is 0 Å². The number of hydrogen-bond acceptors (Lipinski definition) is 6. The smallest absolute Gasteiger partial charge is 0.271 e. The summed E-state index contributed by atoms with van der Waals surface area (Å²) in [5.74, 6) is -0.619. The minimum absolute atomic E-state index is 0.288. The summed E-state index contributed by atoms with van der Waals surface area (Å²) in [6.45, 7) is 2.23. The van der Waals surface area contributed by atoms with Crippen molar-refractivity contribution in [3.8, 4) is 0 Å². The van der Waals surface area contributed by atoms with E-state index < -0.39 is 0 Å². The lowest BCUT2D eigenvalue weighted by Gasteiger charge is -2.40. The van der Waals surface area contributed by atoms with Crippen LogP contribution in [0.5, 0.6) is 0 Å². The number of amides is 1. The zero-order valence-electron chi connectivity index (χ0n) is 17.2. The number of benzene rings is 2. The molecule has 7 nitrogen and oxygen atoms in total. The fourth-order valence-electron chi connectivity index (χ4n) is 3.47. The van der Waals surface area contributed by atoms with E-state index in [9.17, 15) is 9.18 Å². The number of halogens is 1. The topological polar surface area (TPSA) is 79.4 Å². The Balaban J connectivity index is 1.52. The van der Waals surface area contributed by atoms with Gasteiger partial charge in [-0.3, -0.25) is 9.69 Å². The summed E-state index contributed by atoms with van der Waals surface area (Å²) in [4.78, 5) is 23.5. The van der Waals surface area contributed by atoms with Crippen molar-refractivity contribution in [2.75, 3.05) is 37.4 Å². The van der Waals surface area contributed by atoms with Gasteiger partial charge < -0.3 is 15.4 Å². The molecular weight excluding hydrogens is 397 g/mol. The second-order valence-corrected chi connectivity index (χ2v) is 7.39. The van der Waals surface area contributed by atoms with Gasteiger partial charge in [0.05, 0.1) is 12.1 Å². The van der Waals surface area contributed by atoms with Crippen LogP contribution in [0.4, 0.5) is 15.8 Å². The number of carbonyl (C=O) groups excluding carboxylic acids is 1. The normalized spacial score (nSPS) is 16.7. The number of nitrogens with one attached hydrogen (secondary N) is 2. The van der Waals surface area contributed by atoms with Crippen molar-refractivity contribution >= 4 is 28.2 Å². The number of aromatic nitrogens is 2. The van der Waals surface area contributed by atoms with Gasteiger partial charge >= 0.3 is 0 Å². The summed E-state index contributed by atoms with van der Waals surface area (Å²) >= 11 is 0. The summed E-state index contributed by atoms with van der Waals surface area (Å²) in [7, 11) is 1.69. The predicted molar refractivity (Wildman–Crippen MR) is 118 cm³/mol. The van der Waals surface area contributed by atoms with Gasteiger partial charge in [0, 0.05) is 49.2 Å². The molecule has 1 saturated heterocycles. The van der Waals surface area contributed by atoms with Gasteiger partial charge in [0.1, 0.15) is 17.8 Å². The van der Waals surface area contributed by atoms with Crippen LogP contribution in [0.3, 0.4) is 0 Å². The Morgan fingerprint density at radius 3 is 2.77 bits per heavy atom. The number of likely N-dealkylation sites (tertiary alicyclic amines) is 1. The van der Waals surface area contributed by atoms with Gasteiger partial charge in [-0.25, -0.2) is 14.4 Å². The molecule has 0 spiro atoms. The third-order valence-electron chi connectivity index (χ3n) is 5.29. The standard InChI is InChI=1S/C23H24FN5O2/c1-31-14-20-8-10-29(20)11-9-22(27-18-4-2-17(24)3-5-18)23(30)28-19-6-7-21-16(12-19)13-25-15-26-21/h2-7,9,12-13,15,20,27H,8,10-11,14H2,1H3,(H,28,30)/t20-/m1/s1. The molecule has 0 saturated carbocycles. The van der Waals surface area contributed by atoms with Gasteiger partial charge in [0.2, 0.25) is 0 Å². The van der Waals surface area contributed by atoms with Crippen LogP contribution in [0.2, 0.25) is 0 Å². The molecule has 1 atom stereocenters. The second kappa shape index (κ2) is 9.63. The Morgan fingerprint density at radius 1 is 1.23 bits per heavy atom. The van der Waals surface area contributed by atoms with Crippen molar-refractivity contribution in [2.24, 2.45) is 0 Å². The van der Waals surface area contributed by atoms with Crippen molar-refractivity contribution in [1.82, 2.24) is 14.9 Å². The summed E-state index contributed by atoms with van der Waals surface area (Å²) in [5.41, 5.74) is 2.46. The lowest BCUT2D eigenvalue weighted by molar-refractivity contribution is -0.112. The molecule has 4 rings (SSSR count). The lowest BCUT2D eigenvalue weighted by Crippen LogP contribution is -2.50. The molecule has 0 aliphatic carbocycles. The summed E-state index contributed by atoms with van der Waals surface area (Å²) in [6, 6.07) is 11.7. The summed E-state index contributed by atoms with van der Waals surface area (Å²) in [5, 5.41) is 6.87. The van der Waals surface area contributed by atoms with Crippen molar-refractivity contribution in [3.63, 3.8) is 0 Å². The Kier molecular flexibility index (Phi) is 6.49. The van der Waals surface area contributed by atoms with E-state index in [0.717, 1.165) is 23.9 Å². The summed E-state index contributed by atoms with van der Waals surface area (Å²) < 4.78 is 18.5. The first-order valence-corrected chi connectivity index (χ1v) is 10.1. The van der Waals surface area contributed by atoms with Gasteiger partial charge in [-0.15, -0.1) is 0 Å². The van der Waals surface area contributed by atoms with E-state index in [-0.39, 0.29) is 11.7 Å². The number of fused-ring (bicyclic) bond motifs is 1. The zero-order valence-corrected chi connectivity index (χ0v) is 17.2. The maximum absolute atomic E-state index is 13.3. The van der Waals surface area contributed by atoms with Crippen LogP contribution in [0.1, 0.15) is 6.42 Å². The molecule has 2 aromatic carbocycles. The summed E-state index contributed by atoms with van der Waals surface area (Å²) in [6.07, 6.45) is 6.12. The fourth-order valence-corrected chi connectivity index (χ4v) is 3.47. The van der Waals surface area contributed by atoms with E-state index in [4.69, 9.17) is 4.74 Å². The third-order valence-corrected chi connectivity index (χ3v) is 5.29. The monoisotopic (exact) mass is 421 g/mol. The number of methoxy groups -OCH3 is 1. The van der Waals surface area contributed by atoms with Crippen molar-refractivity contribution in [3.05, 3.63) is 72.6 Å². The molecule has 2 heterocycles. The third kappa shape index (κ3) is 5.22. The molecule has 160 valence electrons. The number of carbonyl (C=O) groups is 1. The highest BCUT2D eigenvalue weighted by molar-refractivity contribution is 6.06. The second-order valence-electron chi connectivity index (χ2n) is 7.39. The first kappa shape index (κ1) is 20.9. The van der Waals surface area contributed by atoms with Gasteiger partial charge in [-0.2, -0.15) is 0 Å². The Hall–Kier alpha value is -3.36. The van der Waals surface area contributed by atoms with E-state index in [1.165, 1.54) is 18.5 Å². The zero-order chi connectivity index (χ0) is 21.6. The quantitative estimate of drug-likeness (QED) is 0.543. The number of ether oxygens (including phenoxy) is 1. The highest BCUT2D eigenvalue weighted by Crippen LogP contribution is 2.20. The van der Waals surface area contributed by atoms with Crippen molar-refractivity contribution < 1.29 is 13.9 Å². The number of anilines is 2. The SMILES string of the molecule is COC[C@H]1CCN1CC=C(Nc1ccc(F)cc1)C(=O)Nc1ccc2ncncc2c1. The van der Waals surface area contributed by atoms with Crippen molar-refractivity contribution in [2.45, 2.75) is 12.5 Å². The van der Waals surface area contributed by atoms with Crippen LogP contribution in [-0.2, 0) is 9.53 Å². The molecule has 1 fully saturated rings. The Bertz CT molecular complexity index is 1090. The molecule has 3 aromatic rings. The molecular formula is C23H24FN5O2. The molecule has 1 aromatic heterocycles. The maximum atomic E-state index is 13.3. The predicted octanol–water partition coefficient (Wildman–Crippen LogP) is 3.42. The van der Waals surface area contributed by atoms with Crippen LogP contribution in [0, 0.1) is 5.82 Å². The molecule has 0 bridgehead atoms. The molecule has 31 heavy (non-hydrogen) atoms. The van der Waals surface area contributed by atoms with Gasteiger partial charge in [0.15, 0.2) is 0 Å². The number of hydrogen-bond donors (Lipinski definition) is 2. The minimum Gasteiger partial charge on any atom is -0.383 e. The van der Waals surface area contributed by atoms with E-state index in [1.807, 2.05) is 18.2 Å². The molecule has 1 aliphatic rings. The molecule has 8 heteroatoms. The number of nitrogens with zero attached hydrogens (tertiary/aromatic N) is 3. The van der Waals surface area contributed by atoms with Crippen LogP contribution in [-0.4, -0.2) is 53.6 Å². The molecule has 1 amide bonds. The lowest BCUT2D eigenvalue weighted by atomic mass is 10.0. The van der Waals surface area contributed by atoms with Crippen LogP contribution in [0.25, 0.3) is 10.9 Å². The Morgan fingerprint density at radius 2 is 2.03 bits per heavy atom. The minimum atomic E-state index is -0.332. The van der Waals surface area contributed by atoms with Crippen LogP contribution < -0.4 is 10.6 Å². The van der Waals surface area contributed by atoms with E-state index in [0.29, 0.717) is 36.3 Å². The maximum Gasteiger partial charge on any atom is 0.271 e. The van der Waals surface area contributed by atoms with Gasteiger partial charge in [-0.05, 0) is 55.0 Å². The van der Waals surface area contributed by atoms with Gasteiger partial charge in [0.25, 0.3) is 5.91 Å². The largest absolute Gasteiger partial charge is 0.383 e. The fraction of sp³-hybridized carbons (Fsp3) is 0.261. The number of rotatable bonds is 8. The first-order chi connectivity index (χ1) is 15.1.